The molecule has 2 aliphatic rings. The Morgan fingerprint density at radius 2 is 1.86 bits per heavy atom. The van der Waals surface area contributed by atoms with Gasteiger partial charge in [0.15, 0.2) is 0 Å². The fourth-order valence-electron chi connectivity index (χ4n) is 2.70. The molecule has 9 heteroatoms. The van der Waals surface area contributed by atoms with E-state index in [1.807, 2.05) is 13.8 Å². The van der Waals surface area contributed by atoms with Crippen LogP contribution in [-0.4, -0.2) is 40.1 Å². The van der Waals surface area contributed by atoms with Crippen LogP contribution in [0, 0.1) is 0 Å². The molecule has 1 fully saturated rings. The van der Waals surface area contributed by atoms with Gasteiger partial charge in [-0.05, 0) is 24.3 Å². The molecule has 0 saturated carbocycles. The van der Waals surface area contributed by atoms with Crippen molar-refractivity contribution in [3.63, 3.8) is 0 Å². The highest BCUT2D eigenvalue weighted by molar-refractivity contribution is 5.94. The quantitative estimate of drug-likeness (QED) is 0.832. The number of carboxylic acids is 1. The Hall–Kier alpha value is -3.10. The van der Waals surface area contributed by atoms with Crippen molar-refractivity contribution in [3.05, 3.63) is 59.5 Å². The van der Waals surface area contributed by atoms with Crippen molar-refractivity contribution in [2.45, 2.75) is 26.4 Å². The van der Waals surface area contributed by atoms with Crippen molar-refractivity contribution in [1.82, 2.24) is 9.88 Å². The van der Waals surface area contributed by atoms with Crippen LogP contribution in [0.15, 0.2) is 53.9 Å². The molecular formula is C19H20F3N3O3. The Morgan fingerprint density at radius 3 is 2.43 bits per heavy atom. The lowest BCUT2D eigenvalue weighted by Crippen LogP contribution is -2.31. The first-order valence-electron chi connectivity index (χ1n) is 8.70. The SMILES string of the molecule is CC.O=C(O)C1=CCC(N2CCN(c3ccc(C(F)(F)F)cn3)C2=O)=CC=C1. The van der Waals surface area contributed by atoms with E-state index in [0.717, 1.165) is 12.1 Å². The van der Waals surface area contributed by atoms with Crippen LogP contribution in [0.2, 0.25) is 0 Å². The maximum Gasteiger partial charge on any atom is 0.417 e. The summed E-state index contributed by atoms with van der Waals surface area (Å²) < 4.78 is 37.8. The number of carboxylic acid groups (broad SMARTS) is 1. The summed E-state index contributed by atoms with van der Waals surface area (Å²) in [5.74, 6) is -0.920. The number of aliphatic carboxylic acids is 1. The van der Waals surface area contributed by atoms with Gasteiger partial charge in [-0.15, -0.1) is 0 Å². The fraction of sp³-hybridized carbons (Fsp3) is 0.316. The molecule has 1 aliphatic heterocycles. The maximum absolute atomic E-state index is 12.6. The van der Waals surface area contributed by atoms with Crippen LogP contribution in [0.4, 0.5) is 23.8 Å². The van der Waals surface area contributed by atoms with Crippen LogP contribution in [-0.2, 0) is 11.0 Å². The lowest BCUT2D eigenvalue weighted by molar-refractivity contribution is -0.138. The topological polar surface area (TPSA) is 73.7 Å². The zero-order valence-electron chi connectivity index (χ0n) is 15.4. The molecule has 1 saturated heterocycles. The molecule has 1 aromatic rings. The average molecular weight is 395 g/mol. The van der Waals surface area contributed by atoms with E-state index in [1.165, 1.54) is 22.0 Å². The zero-order chi connectivity index (χ0) is 20.9. The third-order valence-electron chi connectivity index (χ3n) is 4.05. The molecule has 0 unspecified atom stereocenters. The summed E-state index contributed by atoms with van der Waals surface area (Å²) in [5.41, 5.74) is -0.145. The summed E-state index contributed by atoms with van der Waals surface area (Å²) in [6.07, 6.45) is 2.60. The van der Waals surface area contributed by atoms with E-state index < -0.39 is 23.7 Å². The first kappa shape index (κ1) is 21.2. The summed E-state index contributed by atoms with van der Waals surface area (Å²) in [5, 5.41) is 9.02. The number of hydrogen-bond acceptors (Lipinski definition) is 3. The van der Waals surface area contributed by atoms with E-state index in [4.69, 9.17) is 5.11 Å². The minimum Gasteiger partial charge on any atom is -0.478 e. The number of rotatable bonds is 3. The monoisotopic (exact) mass is 395 g/mol. The average Bonchev–Trinajstić information content (AvgIpc) is 2.89. The van der Waals surface area contributed by atoms with E-state index in [0.29, 0.717) is 18.4 Å². The second-order valence-corrected chi connectivity index (χ2v) is 5.67. The van der Waals surface area contributed by atoms with Crippen LogP contribution in [0.5, 0.6) is 0 Å². The molecular weight excluding hydrogens is 375 g/mol. The third-order valence-corrected chi connectivity index (χ3v) is 4.05. The maximum atomic E-state index is 12.6. The van der Waals surface area contributed by atoms with Crippen LogP contribution >= 0.6 is 0 Å². The Kier molecular flexibility index (Phi) is 6.61. The number of carbonyl (C=O) groups excluding carboxylic acids is 1. The minimum atomic E-state index is -4.49. The Balaban J connectivity index is 0.00000136. The van der Waals surface area contributed by atoms with Crippen molar-refractivity contribution in [2.24, 2.45) is 0 Å². The smallest absolute Gasteiger partial charge is 0.417 e. The third kappa shape index (κ3) is 4.59. The largest absolute Gasteiger partial charge is 0.478 e. The number of aromatic nitrogens is 1. The van der Waals surface area contributed by atoms with E-state index in [2.05, 4.69) is 4.98 Å². The van der Waals surface area contributed by atoms with Crippen LogP contribution in [0.1, 0.15) is 25.8 Å². The summed E-state index contributed by atoms with van der Waals surface area (Å²) in [6.45, 7) is 4.60. The summed E-state index contributed by atoms with van der Waals surface area (Å²) in [6, 6.07) is 1.63. The van der Waals surface area contributed by atoms with Gasteiger partial charge in [0.2, 0.25) is 0 Å². The number of halogens is 3. The number of allylic oxidation sites excluding steroid dienone is 3. The fourth-order valence-corrected chi connectivity index (χ4v) is 2.70. The number of amides is 2. The first-order chi connectivity index (χ1) is 13.3. The Morgan fingerprint density at radius 1 is 1.18 bits per heavy atom. The van der Waals surface area contributed by atoms with Crippen molar-refractivity contribution in [1.29, 1.82) is 0 Å². The Labute approximate surface area is 160 Å². The van der Waals surface area contributed by atoms with Crippen molar-refractivity contribution >= 4 is 17.8 Å². The lowest BCUT2D eigenvalue weighted by atomic mass is 10.2. The highest BCUT2D eigenvalue weighted by Gasteiger charge is 2.34. The van der Waals surface area contributed by atoms with Gasteiger partial charge in [0.25, 0.3) is 0 Å². The van der Waals surface area contributed by atoms with Crippen LogP contribution in [0.3, 0.4) is 0 Å². The van der Waals surface area contributed by atoms with Crippen molar-refractivity contribution < 1.29 is 27.9 Å². The number of alkyl halides is 3. The number of anilines is 1. The molecule has 1 N–H and O–H groups in total. The highest BCUT2D eigenvalue weighted by atomic mass is 19.4. The number of pyridine rings is 1. The molecule has 3 rings (SSSR count). The Bertz CT molecular complexity index is 827. The predicted molar refractivity (Wildman–Crippen MR) is 97.6 cm³/mol. The second-order valence-electron chi connectivity index (χ2n) is 5.67. The predicted octanol–water partition coefficient (Wildman–Crippen LogP) is 4.22. The molecule has 2 heterocycles. The molecule has 150 valence electrons. The molecule has 0 radical (unpaired) electrons. The van der Waals surface area contributed by atoms with E-state index in [-0.39, 0.29) is 24.4 Å². The van der Waals surface area contributed by atoms with Gasteiger partial charge in [0.1, 0.15) is 5.82 Å². The van der Waals surface area contributed by atoms with Crippen LogP contribution in [0.25, 0.3) is 0 Å². The molecule has 6 nitrogen and oxygen atoms in total. The van der Waals surface area contributed by atoms with E-state index in [9.17, 15) is 22.8 Å². The molecule has 0 bridgehead atoms. The van der Waals surface area contributed by atoms with Gasteiger partial charge in [-0.2, -0.15) is 13.2 Å². The van der Waals surface area contributed by atoms with Crippen LogP contribution < -0.4 is 4.90 Å². The minimum absolute atomic E-state index is 0.129. The zero-order valence-corrected chi connectivity index (χ0v) is 15.4. The number of urea groups is 1. The van der Waals surface area contributed by atoms with Gasteiger partial charge in [-0.25, -0.2) is 14.6 Å². The van der Waals surface area contributed by atoms with Gasteiger partial charge in [-0.1, -0.05) is 26.0 Å². The van der Waals surface area contributed by atoms with Gasteiger partial charge in [0.05, 0.1) is 11.1 Å². The molecule has 0 atom stereocenters. The van der Waals surface area contributed by atoms with E-state index in [1.54, 1.807) is 12.2 Å². The van der Waals surface area contributed by atoms with Crippen molar-refractivity contribution in [3.8, 4) is 0 Å². The molecule has 2 amide bonds. The van der Waals surface area contributed by atoms with Gasteiger partial charge < -0.3 is 5.11 Å². The number of nitrogens with zero attached hydrogens (tertiary/aromatic N) is 3. The van der Waals surface area contributed by atoms with Gasteiger partial charge >= 0.3 is 18.2 Å². The molecule has 1 aromatic heterocycles. The molecule has 0 aromatic carbocycles. The highest BCUT2D eigenvalue weighted by Crippen LogP contribution is 2.30. The van der Waals surface area contributed by atoms with Gasteiger partial charge in [0, 0.05) is 31.4 Å². The lowest BCUT2D eigenvalue weighted by Gasteiger charge is -2.20. The summed E-state index contributed by atoms with van der Waals surface area (Å²) >= 11 is 0. The second kappa shape index (κ2) is 8.73. The van der Waals surface area contributed by atoms with Crippen molar-refractivity contribution in [2.75, 3.05) is 18.0 Å². The molecule has 1 aliphatic carbocycles. The van der Waals surface area contributed by atoms with Gasteiger partial charge in [-0.3, -0.25) is 9.80 Å². The summed E-state index contributed by atoms with van der Waals surface area (Å²) in [4.78, 5) is 30.1. The van der Waals surface area contributed by atoms with E-state index >= 15 is 0 Å². The molecule has 28 heavy (non-hydrogen) atoms. The number of carbonyl (C=O) groups is 2. The molecule has 0 spiro atoms. The standard InChI is InChI=1S/C17H14F3N3O3.C2H6/c18-17(19,20)12-5-7-14(21-10-12)23-9-8-22(16(23)26)13-3-1-2-11(4-6-13)15(24)25;1-2/h1-5,7,10H,6,8-9H2,(H,24,25);1-2H3. The first-order valence-corrected chi connectivity index (χ1v) is 8.70. The number of hydrogen-bond donors (Lipinski definition) is 1. The normalized spacial score (nSPS) is 16.8. The summed E-state index contributed by atoms with van der Waals surface area (Å²) in [7, 11) is 0.